The standard InChI is InChI=1S/C17H26BrNO3/c1-6-8-9-19(12(3)7-2)17(20)13-10-14(21-4)16(18)15(11-13)22-5/h10-12H,6-9H2,1-5H3. The van der Waals surface area contributed by atoms with Crippen LogP contribution in [0.5, 0.6) is 11.5 Å². The van der Waals surface area contributed by atoms with Crippen molar-refractivity contribution in [2.24, 2.45) is 0 Å². The number of methoxy groups -OCH3 is 2. The fourth-order valence-corrected chi connectivity index (χ4v) is 2.78. The second kappa shape index (κ2) is 9.03. The largest absolute Gasteiger partial charge is 0.495 e. The van der Waals surface area contributed by atoms with Gasteiger partial charge in [0.05, 0.1) is 14.2 Å². The van der Waals surface area contributed by atoms with Gasteiger partial charge in [0.1, 0.15) is 16.0 Å². The first kappa shape index (κ1) is 18.8. The summed E-state index contributed by atoms with van der Waals surface area (Å²) in [5.41, 5.74) is 0.591. The SMILES string of the molecule is CCCCN(C(=O)c1cc(OC)c(Br)c(OC)c1)C(C)CC. The zero-order valence-corrected chi connectivity index (χ0v) is 15.7. The van der Waals surface area contributed by atoms with Crippen LogP contribution in [0.15, 0.2) is 16.6 Å². The molecular weight excluding hydrogens is 346 g/mol. The van der Waals surface area contributed by atoms with Crippen molar-refractivity contribution in [3.05, 3.63) is 22.2 Å². The quantitative estimate of drug-likeness (QED) is 0.674. The van der Waals surface area contributed by atoms with E-state index in [1.54, 1.807) is 26.4 Å². The molecule has 5 heteroatoms. The van der Waals surface area contributed by atoms with Crippen LogP contribution in [0.1, 0.15) is 50.4 Å². The number of ether oxygens (including phenoxy) is 2. The summed E-state index contributed by atoms with van der Waals surface area (Å²) in [6.07, 6.45) is 2.99. The molecule has 0 aromatic heterocycles. The Morgan fingerprint density at radius 1 is 1.23 bits per heavy atom. The van der Waals surface area contributed by atoms with Crippen LogP contribution in [-0.2, 0) is 0 Å². The molecule has 1 amide bonds. The molecule has 0 fully saturated rings. The number of unbranched alkanes of at least 4 members (excludes halogenated alkanes) is 1. The number of hydrogen-bond acceptors (Lipinski definition) is 3. The predicted molar refractivity (Wildman–Crippen MR) is 92.9 cm³/mol. The van der Waals surface area contributed by atoms with Gasteiger partial charge in [-0.1, -0.05) is 20.3 Å². The Kier molecular flexibility index (Phi) is 7.73. The monoisotopic (exact) mass is 371 g/mol. The van der Waals surface area contributed by atoms with Gasteiger partial charge in [-0.3, -0.25) is 4.79 Å². The highest BCUT2D eigenvalue weighted by Crippen LogP contribution is 2.36. The molecule has 0 bridgehead atoms. The minimum atomic E-state index is 0.0203. The summed E-state index contributed by atoms with van der Waals surface area (Å²) in [7, 11) is 3.16. The van der Waals surface area contributed by atoms with Crippen LogP contribution in [0.2, 0.25) is 0 Å². The Bertz CT molecular complexity index is 480. The molecule has 0 spiro atoms. The minimum absolute atomic E-state index is 0.0203. The zero-order valence-electron chi connectivity index (χ0n) is 14.1. The number of benzene rings is 1. The van der Waals surface area contributed by atoms with E-state index in [2.05, 4.69) is 36.7 Å². The first-order valence-corrected chi connectivity index (χ1v) is 8.51. The number of nitrogens with zero attached hydrogens (tertiary/aromatic N) is 1. The lowest BCUT2D eigenvalue weighted by atomic mass is 10.1. The normalized spacial score (nSPS) is 11.9. The molecule has 0 saturated heterocycles. The fourth-order valence-electron chi connectivity index (χ4n) is 2.23. The number of rotatable bonds is 8. The predicted octanol–water partition coefficient (Wildman–Crippen LogP) is 4.51. The van der Waals surface area contributed by atoms with E-state index in [9.17, 15) is 4.79 Å². The summed E-state index contributed by atoms with van der Waals surface area (Å²) in [5.74, 6) is 1.22. The minimum Gasteiger partial charge on any atom is -0.495 e. The topological polar surface area (TPSA) is 38.8 Å². The third-order valence-corrected chi connectivity index (χ3v) is 4.61. The number of carbonyl (C=O) groups excluding carboxylic acids is 1. The summed E-state index contributed by atoms with van der Waals surface area (Å²) in [6, 6.07) is 3.73. The molecule has 0 heterocycles. The second-order valence-electron chi connectivity index (χ2n) is 5.30. The van der Waals surface area contributed by atoms with Crippen LogP contribution in [0, 0.1) is 0 Å². The first-order valence-electron chi connectivity index (χ1n) is 7.72. The van der Waals surface area contributed by atoms with E-state index < -0.39 is 0 Å². The molecule has 1 unspecified atom stereocenters. The van der Waals surface area contributed by atoms with Crippen LogP contribution in [-0.4, -0.2) is 37.6 Å². The highest BCUT2D eigenvalue weighted by atomic mass is 79.9. The van der Waals surface area contributed by atoms with Crippen LogP contribution >= 0.6 is 15.9 Å². The van der Waals surface area contributed by atoms with Crippen LogP contribution in [0.3, 0.4) is 0 Å². The summed E-state index contributed by atoms with van der Waals surface area (Å²) >= 11 is 3.43. The molecule has 0 aliphatic carbocycles. The van der Waals surface area contributed by atoms with E-state index in [-0.39, 0.29) is 11.9 Å². The molecule has 1 aromatic rings. The van der Waals surface area contributed by atoms with Gasteiger partial charge in [-0.2, -0.15) is 0 Å². The average Bonchev–Trinajstić information content (AvgIpc) is 2.54. The number of amides is 1. The molecule has 1 aromatic carbocycles. The summed E-state index contributed by atoms with van der Waals surface area (Å²) in [6.45, 7) is 7.08. The number of carbonyl (C=O) groups is 1. The van der Waals surface area contributed by atoms with Gasteiger partial charge in [0.25, 0.3) is 5.91 Å². The Labute approximate surface area is 141 Å². The lowest BCUT2D eigenvalue weighted by Crippen LogP contribution is -2.39. The Morgan fingerprint density at radius 2 is 1.77 bits per heavy atom. The van der Waals surface area contributed by atoms with E-state index in [0.717, 1.165) is 30.3 Å². The molecule has 22 heavy (non-hydrogen) atoms. The molecule has 0 aliphatic heterocycles. The van der Waals surface area contributed by atoms with Crippen molar-refractivity contribution in [3.8, 4) is 11.5 Å². The van der Waals surface area contributed by atoms with Crippen molar-refractivity contribution in [3.63, 3.8) is 0 Å². The molecule has 1 rings (SSSR count). The molecule has 1 atom stereocenters. The maximum Gasteiger partial charge on any atom is 0.254 e. The average molecular weight is 372 g/mol. The maximum atomic E-state index is 12.9. The molecule has 0 aliphatic rings. The molecule has 0 N–H and O–H groups in total. The summed E-state index contributed by atoms with van der Waals surface area (Å²) < 4.78 is 11.4. The van der Waals surface area contributed by atoms with Crippen LogP contribution < -0.4 is 9.47 Å². The van der Waals surface area contributed by atoms with E-state index >= 15 is 0 Å². The highest BCUT2D eigenvalue weighted by molar-refractivity contribution is 9.10. The fraction of sp³-hybridized carbons (Fsp3) is 0.588. The Balaban J connectivity index is 3.17. The molecular formula is C17H26BrNO3. The van der Waals surface area contributed by atoms with Gasteiger partial charge in [-0.05, 0) is 47.8 Å². The van der Waals surface area contributed by atoms with Crippen molar-refractivity contribution < 1.29 is 14.3 Å². The Hall–Kier alpha value is -1.23. The van der Waals surface area contributed by atoms with Crippen LogP contribution in [0.25, 0.3) is 0 Å². The number of halogens is 1. The van der Waals surface area contributed by atoms with E-state index in [4.69, 9.17) is 9.47 Å². The van der Waals surface area contributed by atoms with Crippen molar-refractivity contribution in [2.45, 2.75) is 46.1 Å². The van der Waals surface area contributed by atoms with Gasteiger partial charge in [0.15, 0.2) is 0 Å². The smallest absolute Gasteiger partial charge is 0.254 e. The summed E-state index contributed by atoms with van der Waals surface area (Å²) in [4.78, 5) is 14.8. The van der Waals surface area contributed by atoms with Crippen molar-refractivity contribution >= 4 is 21.8 Å². The zero-order chi connectivity index (χ0) is 16.7. The van der Waals surface area contributed by atoms with Gasteiger partial charge in [0.2, 0.25) is 0 Å². The lowest BCUT2D eigenvalue weighted by Gasteiger charge is -2.29. The second-order valence-corrected chi connectivity index (χ2v) is 6.10. The van der Waals surface area contributed by atoms with Gasteiger partial charge in [0, 0.05) is 18.2 Å². The molecule has 124 valence electrons. The molecule has 0 radical (unpaired) electrons. The third-order valence-electron chi connectivity index (χ3n) is 3.83. The van der Waals surface area contributed by atoms with Gasteiger partial charge >= 0.3 is 0 Å². The molecule has 4 nitrogen and oxygen atoms in total. The van der Waals surface area contributed by atoms with Crippen LogP contribution in [0.4, 0.5) is 0 Å². The van der Waals surface area contributed by atoms with Crippen molar-refractivity contribution in [1.82, 2.24) is 4.90 Å². The van der Waals surface area contributed by atoms with Gasteiger partial charge in [-0.25, -0.2) is 0 Å². The Morgan fingerprint density at radius 3 is 2.18 bits per heavy atom. The van der Waals surface area contributed by atoms with Gasteiger partial charge < -0.3 is 14.4 Å². The summed E-state index contributed by atoms with van der Waals surface area (Å²) in [5, 5.41) is 0. The lowest BCUT2D eigenvalue weighted by molar-refractivity contribution is 0.0684. The molecule has 0 saturated carbocycles. The third kappa shape index (κ3) is 4.38. The highest BCUT2D eigenvalue weighted by Gasteiger charge is 2.22. The first-order chi connectivity index (χ1) is 10.5. The van der Waals surface area contributed by atoms with Crippen molar-refractivity contribution in [2.75, 3.05) is 20.8 Å². The number of hydrogen-bond donors (Lipinski definition) is 0. The van der Waals surface area contributed by atoms with E-state index in [1.807, 2.05) is 4.90 Å². The van der Waals surface area contributed by atoms with Gasteiger partial charge in [-0.15, -0.1) is 0 Å². The van der Waals surface area contributed by atoms with E-state index in [0.29, 0.717) is 17.1 Å². The maximum absolute atomic E-state index is 12.9. The van der Waals surface area contributed by atoms with Crippen molar-refractivity contribution in [1.29, 1.82) is 0 Å². The van der Waals surface area contributed by atoms with E-state index in [1.165, 1.54) is 0 Å².